The number of rotatable bonds is 3. The number of piperidine rings is 1. The molecule has 1 N–H and O–H groups in total. The number of aromatic nitrogens is 1. The van der Waals surface area contributed by atoms with Crippen LogP contribution in [-0.4, -0.2) is 27.5 Å². The third-order valence-electron chi connectivity index (χ3n) is 2.87. The third-order valence-corrected chi connectivity index (χ3v) is 4.33. The SMILES string of the molecule is N#Cc1cccnc1[S@](=O)C[C@H]1CCCCN1. The van der Waals surface area contributed by atoms with Crippen molar-refractivity contribution >= 4 is 10.8 Å². The average molecular weight is 249 g/mol. The fourth-order valence-corrected chi connectivity index (χ4v) is 3.33. The van der Waals surface area contributed by atoms with Crippen molar-refractivity contribution in [3.63, 3.8) is 0 Å². The second-order valence-electron chi connectivity index (χ2n) is 4.13. The first-order valence-electron chi connectivity index (χ1n) is 5.78. The molecule has 0 amide bonds. The number of nitrogens with zero attached hydrogens (tertiary/aromatic N) is 2. The van der Waals surface area contributed by atoms with Crippen molar-refractivity contribution in [2.45, 2.75) is 30.3 Å². The number of hydrogen-bond acceptors (Lipinski definition) is 4. The van der Waals surface area contributed by atoms with Gasteiger partial charge in [0.2, 0.25) is 0 Å². The lowest BCUT2D eigenvalue weighted by Gasteiger charge is -2.22. The van der Waals surface area contributed by atoms with Crippen LogP contribution >= 0.6 is 0 Å². The Bertz CT molecular complexity index is 449. The van der Waals surface area contributed by atoms with Gasteiger partial charge in [-0.25, -0.2) is 4.98 Å². The minimum Gasteiger partial charge on any atom is -0.313 e. The van der Waals surface area contributed by atoms with Crippen LogP contribution in [0.5, 0.6) is 0 Å². The monoisotopic (exact) mass is 249 g/mol. The van der Waals surface area contributed by atoms with Gasteiger partial charge in [0.25, 0.3) is 0 Å². The Balaban J connectivity index is 2.06. The fourth-order valence-electron chi connectivity index (χ4n) is 1.99. The Hall–Kier alpha value is -1.25. The quantitative estimate of drug-likeness (QED) is 0.874. The molecule has 0 unspecified atom stereocenters. The molecule has 0 saturated carbocycles. The zero-order chi connectivity index (χ0) is 12.1. The van der Waals surface area contributed by atoms with Crippen LogP contribution in [0.1, 0.15) is 24.8 Å². The van der Waals surface area contributed by atoms with Crippen LogP contribution in [0.4, 0.5) is 0 Å². The summed E-state index contributed by atoms with van der Waals surface area (Å²) in [6, 6.07) is 5.68. The predicted octanol–water partition coefficient (Wildman–Crippen LogP) is 1.20. The molecule has 1 saturated heterocycles. The molecule has 5 heteroatoms. The predicted molar refractivity (Wildman–Crippen MR) is 65.9 cm³/mol. The summed E-state index contributed by atoms with van der Waals surface area (Å²) >= 11 is 0. The van der Waals surface area contributed by atoms with Gasteiger partial charge in [0.15, 0.2) is 0 Å². The summed E-state index contributed by atoms with van der Waals surface area (Å²) in [4.78, 5) is 4.06. The van der Waals surface area contributed by atoms with Crippen LogP contribution in [0.2, 0.25) is 0 Å². The Labute approximate surface area is 104 Å². The molecule has 0 aromatic carbocycles. The van der Waals surface area contributed by atoms with Crippen LogP contribution in [0.15, 0.2) is 23.4 Å². The van der Waals surface area contributed by atoms with Gasteiger partial charge in [0.05, 0.1) is 16.4 Å². The minimum absolute atomic E-state index is 0.290. The summed E-state index contributed by atoms with van der Waals surface area (Å²) < 4.78 is 12.2. The van der Waals surface area contributed by atoms with Crippen molar-refractivity contribution in [1.29, 1.82) is 5.26 Å². The second kappa shape index (κ2) is 5.89. The molecule has 90 valence electrons. The molecule has 4 nitrogen and oxygen atoms in total. The highest BCUT2D eigenvalue weighted by Crippen LogP contribution is 2.14. The van der Waals surface area contributed by atoms with Gasteiger partial charge in [-0.15, -0.1) is 0 Å². The second-order valence-corrected chi connectivity index (χ2v) is 5.54. The molecular formula is C12H15N3OS. The van der Waals surface area contributed by atoms with E-state index in [2.05, 4.69) is 10.3 Å². The standard InChI is InChI=1S/C12H15N3OS/c13-8-10-4-3-7-15-12(10)17(16)9-11-5-1-2-6-14-11/h3-4,7,11,14H,1-2,5-6,9H2/t11-,17-/m1/s1. The molecular weight excluding hydrogens is 234 g/mol. The van der Waals surface area contributed by atoms with Crippen LogP contribution in [0.25, 0.3) is 0 Å². The van der Waals surface area contributed by atoms with E-state index in [1.165, 1.54) is 12.8 Å². The van der Waals surface area contributed by atoms with E-state index >= 15 is 0 Å². The molecule has 2 heterocycles. The smallest absolute Gasteiger partial charge is 0.144 e. The number of hydrogen-bond donors (Lipinski definition) is 1. The number of nitrogens with one attached hydrogen (secondary N) is 1. The Morgan fingerprint density at radius 2 is 2.47 bits per heavy atom. The van der Waals surface area contributed by atoms with Gasteiger partial charge < -0.3 is 5.32 Å². The first kappa shape index (κ1) is 12.2. The first-order chi connectivity index (χ1) is 8.31. The van der Waals surface area contributed by atoms with Crippen molar-refractivity contribution in [1.82, 2.24) is 10.3 Å². The minimum atomic E-state index is -1.19. The molecule has 0 radical (unpaired) electrons. The highest BCUT2D eigenvalue weighted by atomic mass is 32.2. The lowest BCUT2D eigenvalue weighted by molar-refractivity contribution is 0.427. The van der Waals surface area contributed by atoms with Crippen LogP contribution < -0.4 is 5.32 Å². The molecule has 1 fully saturated rings. The largest absolute Gasteiger partial charge is 0.313 e. The molecule has 2 rings (SSSR count). The third kappa shape index (κ3) is 3.11. The molecule has 0 spiro atoms. The van der Waals surface area contributed by atoms with Gasteiger partial charge in [-0.2, -0.15) is 5.26 Å². The number of pyridine rings is 1. The van der Waals surface area contributed by atoms with E-state index < -0.39 is 10.8 Å². The summed E-state index contributed by atoms with van der Waals surface area (Å²) in [5.41, 5.74) is 0.418. The normalized spacial score (nSPS) is 21.7. The van der Waals surface area contributed by atoms with E-state index in [-0.39, 0.29) is 6.04 Å². The van der Waals surface area contributed by atoms with Crippen molar-refractivity contribution in [3.8, 4) is 6.07 Å². The maximum atomic E-state index is 12.2. The summed E-state index contributed by atoms with van der Waals surface area (Å²) in [5, 5.41) is 12.7. The zero-order valence-corrected chi connectivity index (χ0v) is 10.4. The van der Waals surface area contributed by atoms with Gasteiger partial charge in [0, 0.05) is 18.0 Å². The molecule has 1 aliphatic rings. The molecule has 2 atom stereocenters. The van der Waals surface area contributed by atoms with Crippen LogP contribution in [0.3, 0.4) is 0 Å². The molecule has 1 aliphatic heterocycles. The van der Waals surface area contributed by atoms with E-state index in [4.69, 9.17) is 5.26 Å². The van der Waals surface area contributed by atoms with E-state index in [1.54, 1.807) is 18.3 Å². The topological polar surface area (TPSA) is 65.8 Å². The van der Waals surface area contributed by atoms with E-state index in [0.29, 0.717) is 16.3 Å². The van der Waals surface area contributed by atoms with Crippen molar-refractivity contribution in [3.05, 3.63) is 23.9 Å². The van der Waals surface area contributed by atoms with Crippen molar-refractivity contribution < 1.29 is 4.21 Å². The highest BCUT2D eigenvalue weighted by molar-refractivity contribution is 7.85. The molecule has 17 heavy (non-hydrogen) atoms. The maximum Gasteiger partial charge on any atom is 0.144 e. The van der Waals surface area contributed by atoms with Gasteiger partial charge in [0.1, 0.15) is 11.1 Å². The molecule has 1 aromatic heterocycles. The lowest BCUT2D eigenvalue weighted by Crippen LogP contribution is -2.38. The van der Waals surface area contributed by atoms with Gasteiger partial charge in [-0.05, 0) is 31.5 Å². The molecule has 1 aromatic rings. The van der Waals surface area contributed by atoms with Crippen molar-refractivity contribution in [2.24, 2.45) is 0 Å². The summed E-state index contributed by atoms with van der Waals surface area (Å²) in [6.07, 6.45) is 5.02. The summed E-state index contributed by atoms with van der Waals surface area (Å²) in [6.45, 7) is 0.995. The van der Waals surface area contributed by atoms with Crippen LogP contribution in [0, 0.1) is 11.3 Å². The fraction of sp³-hybridized carbons (Fsp3) is 0.500. The highest BCUT2D eigenvalue weighted by Gasteiger charge is 2.18. The van der Waals surface area contributed by atoms with Crippen LogP contribution in [-0.2, 0) is 10.8 Å². The van der Waals surface area contributed by atoms with E-state index in [9.17, 15) is 4.21 Å². The van der Waals surface area contributed by atoms with Gasteiger partial charge in [-0.3, -0.25) is 4.21 Å². The van der Waals surface area contributed by atoms with Crippen molar-refractivity contribution in [2.75, 3.05) is 12.3 Å². The molecule has 0 bridgehead atoms. The Morgan fingerprint density at radius 3 is 3.18 bits per heavy atom. The Kier molecular flexibility index (Phi) is 4.24. The number of nitriles is 1. The lowest BCUT2D eigenvalue weighted by atomic mass is 10.1. The van der Waals surface area contributed by atoms with E-state index in [1.807, 2.05) is 6.07 Å². The van der Waals surface area contributed by atoms with Gasteiger partial charge >= 0.3 is 0 Å². The summed E-state index contributed by atoms with van der Waals surface area (Å²) in [7, 11) is -1.19. The van der Waals surface area contributed by atoms with E-state index in [0.717, 1.165) is 13.0 Å². The average Bonchev–Trinajstić information content (AvgIpc) is 2.40. The Morgan fingerprint density at radius 1 is 1.59 bits per heavy atom. The first-order valence-corrected chi connectivity index (χ1v) is 7.10. The molecule has 0 aliphatic carbocycles. The maximum absolute atomic E-state index is 12.2. The van der Waals surface area contributed by atoms with Gasteiger partial charge in [-0.1, -0.05) is 6.42 Å². The summed E-state index contributed by atoms with van der Waals surface area (Å²) in [5.74, 6) is 0.547. The zero-order valence-electron chi connectivity index (χ0n) is 9.56.